The van der Waals surface area contributed by atoms with Crippen LogP contribution in [0, 0.1) is 0 Å². The highest BCUT2D eigenvalue weighted by atomic mass is 32.2. The van der Waals surface area contributed by atoms with E-state index in [4.69, 9.17) is 5.11 Å². The minimum Gasteiger partial charge on any atom is -0.480 e. The summed E-state index contributed by atoms with van der Waals surface area (Å²) >= 11 is 0.811. The lowest BCUT2D eigenvalue weighted by Gasteiger charge is -2.29. The summed E-state index contributed by atoms with van der Waals surface area (Å²) in [6.07, 6.45) is -14.6. The van der Waals surface area contributed by atoms with E-state index in [0.29, 0.717) is 13.1 Å². The number of thioether (sulfide) groups is 1. The molecule has 3 atom stereocenters. The van der Waals surface area contributed by atoms with Crippen LogP contribution in [0.3, 0.4) is 0 Å². The van der Waals surface area contributed by atoms with Crippen molar-refractivity contribution in [3.63, 3.8) is 0 Å². The molecule has 0 radical (unpaired) electrons. The summed E-state index contributed by atoms with van der Waals surface area (Å²) in [5.41, 5.74) is -5.69. The lowest BCUT2D eigenvalue weighted by molar-refractivity contribution is -0.343. The van der Waals surface area contributed by atoms with E-state index < -0.39 is 54.3 Å². The van der Waals surface area contributed by atoms with Gasteiger partial charge in [-0.2, -0.15) is 38.1 Å². The highest BCUT2D eigenvalue weighted by Crippen LogP contribution is 2.49. The number of aliphatic carboxylic acids is 1. The molecule has 32 heavy (non-hydrogen) atoms. The molecule has 1 aliphatic rings. The van der Waals surface area contributed by atoms with Gasteiger partial charge in [-0.1, -0.05) is 0 Å². The first kappa shape index (κ1) is 28.8. The molecule has 1 fully saturated rings. The van der Waals surface area contributed by atoms with Crippen molar-refractivity contribution in [2.75, 3.05) is 31.1 Å². The second-order valence-corrected chi connectivity index (χ2v) is 9.41. The summed E-state index contributed by atoms with van der Waals surface area (Å²) in [7, 11) is 0. The molecule has 0 aromatic rings. The van der Waals surface area contributed by atoms with E-state index in [1.165, 1.54) is 0 Å². The highest BCUT2D eigenvalue weighted by molar-refractivity contribution is 7.99. The van der Waals surface area contributed by atoms with Crippen LogP contribution in [-0.2, 0) is 9.59 Å². The van der Waals surface area contributed by atoms with Crippen molar-refractivity contribution in [3.05, 3.63) is 0 Å². The molecule has 0 saturated carbocycles. The van der Waals surface area contributed by atoms with Crippen LogP contribution in [0.5, 0.6) is 0 Å². The average Bonchev–Trinajstić information content (AvgIpc) is 3.24. The van der Waals surface area contributed by atoms with E-state index in [1.54, 1.807) is 0 Å². The van der Waals surface area contributed by atoms with Crippen molar-refractivity contribution in [2.45, 2.75) is 69.3 Å². The second-order valence-electron chi connectivity index (χ2n) is 8.31. The lowest BCUT2D eigenvalue weighted by Crippen LogP contribution is -2.53. The number of nitrogens with one attached hydrogen (secondary N) is 2. The van der Waals surface area contributed by atoms with Gasteiger partial charge in [0.25, 0.3) is 5.67 Å². The number of amides is 1. The van der Waals surface area contributed by atoms with Crippen molar-refractivity contribution in [1.82, 2.24) is 15.5 Å². The number of rotatable bonds is 13. The fourth-order valence-electron chi connectivity index (χ4n) is 3.19. The first-order valence-corrected chi connectivity index (χ1v) is 11.0. The molecular formula is C18H28F7N3O3S. The SMILES string of the molecule is CC1C(C(=O)O)N1CC(C)(C)NCCNC(=O)CSCCCC(F)(C(F)(F)F)C(F)(F)F. The van der Waals surface area contributed by atoms with Gasteiger partial charge in [0, 0.05) is 37.6 Å². The van der Waals surface area contributed by atoms with Crippen LogP contribution in [0.2, 0.25) is 0 Å². The van der Waals surface area contributed by atoms with Crippen LogP contribution < -0.4 is 10.6 Å². The summed E-state index contributed by atoms with van der Waals surface area (Å²) < 4.78 is 88.1. The Balaban J connectivity index is 2.22. The Morgan fingerprint density at radius 1 is 1.03 bits per heavy atom. The first-order chi connectivity index (χ1) is 14.4. The lowest BCUT2D eigenvalue weighted by atomic mass is 9.99. The third-order valence-electron chi connectivity index (χ3n) is 5.07. The smallest absolute Gasteiger partial charge is 0.431 e. The highest BCUT2D eigenvalue weighted by Gasteiger charge is 2.71. The van der Waals surface area contributed by atoms with Crippen molar-refractivity contribution >= 4 is 23.6 Å². The Bertz CT molecular complexity index is 645. The normalized spacial score (nSPS) is 22.0. The van der Waals surface area contributed by atoms with Crippen LogP contribution >= 0.6 is 11.8 Å². The number of halogens is 7. The van der Waals surface area contributed by atoms with Gasteiger partial charge in [0.05, 0.1) is 5.75 Å². The number of alkyl halides is 7. The van der Waals surface area contributed by atoms with E-state index >= 15 is 0 Å². The van der Waals surface area contributed by atoms with Crippen molar-refractivity contribution in [1.29, 1.82) is 0 Å². The maximum absolute atomic E-state index is 13.5. The minimum atomic E-state index is -6.06. The fourth-order valence-corrected chi connectivity index (χ4v) is 3.97. The Morgan fingerprint density at radius 2 is 1.59 bits per heavy atom. The zero-order valence-corrected chi connectivity index (χ0v) is 18.7. The molecular weight excluding hydrogens is 471 g/mol. The van der Waals surface area contributed by atoms with Crippen LogP contribution in [0.1, 0.15) is 33.6 Å². The molecule has 1 aliphatic heterocycles. The van der Waals surface area contributed by atoms with Gasteiger partial charge in [-0.05, 0) is 32.9 Å². The van der Waals surface area contributed by atoms with Gasteiger partial charge < -0.3 is 15.7 Å². The molecule has 0 aromatic carbocycles. The van der Waals surface area contributed by atoms with Gasteiger partial charge in [-0.3, -0.25) is 14.5 Å². The molecule has 14 heteroatoms. The molecule has 1 rings (SSSR count). The Morgan fingerprint density at radius 3 is 2.06 bits per heavy atom. The van der Waals surface area contributed by atoms with Gasteiger partial charge in [0.1, 0.15) is 6.04 Å². The van der Waals surface area contributed by atoms with E-state index in [9.17, 15) is 40.3 Å². The second kappa shape index (κ2) is 10.8. The van der Waals surface area contributed by atoms with E-state index in [0.717, 1.165) is 11.8 Å². The summed E-state index contributed by atoms with van der Waals surface area (Å²) in [4.78, 5) is 24.6. The molecule has 1 heterocycles. The van der Waals surface area contributed by atoms with E-state index in [-0.39, 0.29) is 24.1 Å². The number of carbonyl (C=O) groups is 2. The number of hydrogen-bond acceptors (Lipinski definition) is 5. The molecule has 0 spiro atoms. The summed E-state index contributed by atoms with van der Waals surface area (Å²) in [5, 5.41) is 14.8. The first-order valence-electron chi connectivity index (χ1n) is 9.83. The fraction of sp³-hybridized carbons (Fsp3) is 0.889. The molecule has 3 unspecified atom stereocenters. The van der Waals surface area contributed by atoms with Gasteiger partial charge in [-0.25, -0.2) is 4.39 Å². The Kier molecular flexibility index (Phi) is 9.67. The Hall–Kier alpha value is -1.28. The zero-order chi connectivity index (χ0) is 25.0. The van der Waals surface area contributed by atoms with Crippen LogP contribution in [0.25, 0.3) is 0 Å². The molecule has 0 aromatic heterocycles. The molecule has 188 valence electrons. The molecule has 6 nitrogen and oxygen atoms in total. The maximum atomic E-state index is 13.5. The molecule has 0 aliphatic carbocycles. The predicted molar refractivity (Wildman–Crippen MR) is 105 cm³/mol. The van der Waals surface area contributed by atoms with Crippen molar-refractivity contribution in [2.24, 2.45) is 0 Å². The van der Waals surface area contributed by atoms with Gasteiger partial charge in [-0.15, -0.1) is 0 Å². The van der Waals surface area contributed by atoms with E-state index in [2.05, 4.69) is 10.6 Å². The Labute approximate surface area is 185 Å². The van der Waals surface area contributed by atoms with Crippen LogP contribution in [-0.4, -0.2) is 88.7 Å². The number of carbonyl (C=O) groups excluding carboxylic acids is 1. The largest absolute Gasteiger partial charge is 0.480 e. The van der Waals surface area contributed by atoms with E-state index in [1.807, 2.05) is 25.7 Å². The summed E-state index contributed by atoms with van der Waals surface area (Å²) in [6, 6.07) is -0.567. The monoisotopic (exact) mass is 499 g/mol. The van der Waals surface area contributed by atoms with Gasteiger partial charge in [0.2, 0.25) is 5.91 Å². The van der Waals surface area contributed by atoms with Gasteiger partial charge in [0.15, 0.2) is 0 Å². The minimum absolute atomic E-state index is 0.0554. The standard InChI is InChI=1S/C18H28F7N3O3S/c1-11-13(14(30)31)28(11)10-15(2,3)27-7-6-26-12(29)9-32-8-4-5-16(19,17(20,21)22)18(23,24)25/h11,13,27H,4-10H2,1-3H3,(H,26,29)(H,30,31). The third kappa shape index (κ3) is 7.94. The number of carboxylic acid groups (broad SMARTS) is 1. The quantitative estimate of drug-likeness (QED) is 0.205. The molecule has 1 amide bonds. The number of nitrogens with zero attached hydrogens (tertiary/aromatic N) is 1. The van der Waals surface area contributed by atoms with Crippen molar-refractivity contribution in [3.8, 4) is 0 Å². The number of hydrogen-bond donors (Lipinski definition) is 3. The molecule has 3 N–H and O–H groups in total. The maximum Gasteiger partial charge on any atom is 0.431 e. The topological polar surface area (TPSA) is 81.4 Å². The number of carboxylic acids is 1. The average molecular weight is 499 g/mol. The molecule has 0 bridgehead atoms. The summed E-state index contributed by atoms with van der Waals surface area (Å²) in [5.74, 6) is -1.77. The zero-order valence-electron chi connectivity index (χ0n) is 17.9. The third-order valence-corrected chi connectivity index (χ3v) is 6.11. The molecule has 1 saturated heterocycles. The van der Waals surface area contributed by atoms with Crippen LogP contribution in [0.4, 0.5) is 30.7 Å². The van der Waals surface area contributed by atoms with Crippen LogP contribution in [0.15, 0.2) is 0 Å². The summed E-state index contributed by atoms with van der Waals surface area (Å²) in [6.45, 7) is 6.64. The van der Waals surface area contributed by atoms with Crippen molar-refractivity contribution < 1.29 is 45.4 Å². The predicted octanol–water partition coefficient (Wildman–Crippen LogP) is 2.97. The van der Waals surface area contributed by atoms with Gasteiger partial charge >= 0.3 is 18.3 Å².